The number of benzene rings is 4. The second-order valence-electron chi connectivity index (χ2n) is 12.1. The zero-order chi connectivity index (χ0) is 36.0. The van der Waals surface area contributed by atoms with Crippen molar-refractivity contribution in [3.05, 3.63) is 133 Å². The molecule has 0 spiro atoms. The smallest absolute Gasteiger partial charge is 0.748 e. The minimum atomic E-state index is -4.38. The van der Waals surface area contributed by atoms with E-state index in [0.717, 1.165) is 39.0 Å². The summed E-state index contributed by atoms with van der Waals surface area (Å²) in [6.45, 7) is 2.51. The molecule has 0 radical (unpaired) electrons. The van der Waals surface area contributed by atoms with Crippen LogP contribution < -0.4 is 43.8 Å². The number of ether oxygens (including phenoxy) is 1. The van der Waals surface area contributed by atoms with Crippen molar-refractivity contribution in [2.45, 2.75) is 32.7 Å². The second kappa shape index (κ2) is 17.2. The Morgan fingerprint density at radius 3 is 2.04 bits per heavy atom. The number of nitrogens with zero attached hydrogens (tertiary/aromatic N) is 2. The molecule has 0 fully saturated rings. The van der Waals surface area contributed by atoms with E-state index in [1.165, 1.54) is 0 Å². The summed E-state index contributed by atoms with van der Waals surface area (Å²) in [6, 6.07) is 31.4. The van der Waals surface area contributed by atoms with Gasteiger partial charge in [-0.25, -0.2) is 16.8 Å². The Morgan fingerprint density at radius 2 is 1.40 bits per heavy atom. The summed E-state index contributed by atoms with van der Waals surface area (Å²) in [5.74, 6) is 0.613. The van der Waals surface area contributed by atoms with Gasteiger partial charge in [0, 0.05) is 30.5 Å². The maximum atomic E-state index is 11.4. The molecule has 52 heavy (non-hydrogen) atoms. The molecule has 4 aromatic carbocycles. The number of allylic oxidation sites excluding steroid dienone is 4. The molecular formula is C39H37N2NaO8S2. The summed E-state index contributed by atoms with van der Waals surface area (Å²) in [4.78, 5) is 1.88. The predicted octanol–water partition coefficient (Wildman–Crippen LogP) is 4.02. The van der Waals surface area contributed by atoms with Gasteiger partial charge in [-0.15, -0.1) is 0 Å². The van der Waals surface area contributed by atoms with E-state index in [1.807, 2.05) is 138 Å². The number of oxazole rings is 1. The zero-order valence-corrected chi connectivity index (χ0v) is 32.6. The Labute approximate surface area is 326 Å². The standard InChI is InChI=1S/C39H38N2O8S2.Na/c1-2-29(15-21-38-40(23-9-25-50(42,43)44)34-27-32(17-19-36(34)48-38)30-11-5-3-6-12-30)16-22-39-41(24-10-26-51(45,46)47)35-28-33(18-20-37(35)49-39)31-13-7-4-8-14-31;/h3-8,11-22,27-28H,2,9-10,23-26H2,1H3,(H-,42,43,44,45,46,47);/q;+1/p-1. The Balaban J connectivity index is 0.00000523. The molecule has 6 rings (SSSR count). The Kier molecular flexibility index (Phi) is 13.0. The van der Waals surface area contributed by atoms with Crippen molar-refractivity contribution in [1.29, 1.82) is 0 Å². The number of rotatable bonds is 14. The summed E-state index contributed by atoms with van der Waals surface area (Å²) >= 11 is 0. The normalized spacial score (nSPS) is 14.2. The van der Waals surface area contributed by atoms with Crippen molar-refractivity contribution in [3.63, 3.8) is 0 Å². The van der Waals surface area contributed by atoms with Crippen molar-refractivity contribution >= 4 is 43.1 Å². The molecule has 0 aliphatic carbocycles. The first-order valence-electron chi connectivity index (χ1n) is 16.6. The fourth-order valence-electron chi connectivity index (χ4n) is 5.98. The van der Waals surface area contributed by atoms with E-state index in [0.29, 0.717) is 29.5 Å². The van der Waals surface area contributed by atoms with Gasteiger partial charge in [-0.2, -0.15) is 4.57 Å². The molecular weight excluding hydrogens is 712 g/mol. The van der Waals surface area contributed by atoms with Crippen LogP contribution in [0.1, 0.15) is 32.1 Å². The molecule has 1 aromatic heterocycles. The average Bonchev–Trinajstić information content (AvgIpc) is 3.64. The fourth-order valence-corrected chi connectivity index (χ4v) is 6.94. The van der Waals surface area contributed by atoms with Gasteiger partial charge in [-0.05, 0) is 71.0 Å². The van der Waals surface area contributed by atoms with Crippen LogP contribution in [0.5, 0.6) is 5.75 Å². The SMILES string of the molecule is CCC(/C=C/c1oc2ccc(-c3ccccc3)cc2[n+]1CCCS(=O)(=O)[O-])=C\C=C1/Oc2ccc(-c3ccccc3)cc2N1CCCS(=O)(=O)[O-].[Na+]. The van der Waals surface area contributed by atoms with E-state index >= 15 is 0 Å². The van der Waals surface area contributed by atoms with Crippen LogP contribution in [0.3, 0.4) is 0 Å². The van der Waals surface area contributed by atoms with Crippen LogP contribution in [0.25, 0.3) is 39.4 Å². The summed E-state index contributed by atoms with van der Waals surface area (Å²) in [5, 5.41) is 0. The molecule has 0 bridgehead atoms. The van der Waals surface area contributed by atoms with E-state index in [4.69, 9.17) is 9.15 Å². The maximum Gasteiger partial charge on any atom is 1.00 e. The first kappa shape index (κ1) is 39.2. The molecule has 0 N–H and O–H groups in total. The second-order valence-corrected chi connectivity index (χ2v) is 15.2. The number of aryl methyl sites for hydroxylation is 1. The van der Waals surface area contributed by atoms with E-state index < -0.39 is 31.7 Å². The third kappa shape index (κ3) is 10.1. The monoisotopic (exact) mass is 748 g/mol. The zero-order valence-electron chi connectivity index (χ0n) is 29.0. The van der Waals surface area contributed by atoms with E-state index in [-0.39, 0.29) is 55.5 Å². The summed E-state index contributed by atoms with van der Waals surface area (Å²) < 4.78 is 82.7. The van der Waals surface area contributed by atoms with Crippen LogP contribution in [-0.4, -0.2) is 44.0 Å². The summed E-state index contributed by atoms with van der Waals surface area (Å²) in [6.07, 6.45) is 8.32. The Bertz CT molecular complexity index is 2340. The molecule has 0 saturated heterocycles. The van der Waals surface area contributed by atoms with Gasteiger partial charge in [0.15, 0.2) is 12.3 Å². The van der Waals surface area contributed by atoms with Crippen LogP contribution in [0.2, 0.25) is 0 Å². The van der Waals surface area contributed by atoms with Crippen molar-refractivity contribution in [2.24, 2.45) is 0 Å². The van der Waals surface area contributed by atoms with Gasteiger partial charge in [0.25, 0.3) is 5.52 Å². The van der Waals surface area contributed by atoms with Gasteiger partial charge in [-0.1, -0.05) is 85.8 Å². The Morgan fingerprint density at radius 1 is 0.788 bits per heavy atom. The molecule has 5 aromatic rings. The van der Waals surface area contributed by atoms with Crippen molar-refractivity contribution in [1.82, 2.24) is 0 Å². The molecule has 0 saturated carbocycles. The molecule has 0 atom stereocenters. The van der Waals surface area contributed by atoms with Crippen LogP contribution >= 0.6 is 0 Å². The Hall–Kier alpha value is -4.01. The predicted molar refractivity (Wildman–Crippen MR) is 196 cm³/mol. The summed E-state index contributed by atoms with van der Waals surface area (Å²) in [5.41, 5.74) is 7.04. The molecule has 1 aliphatic heterocycles. The van der Waals surface area contributed by atoms with Crippen LogP contribution in [0, 0.1) is 0 Å². The first-order chi connectivity index (χ1) is 24.5. The van der Waals surface area contributed by atoms with Gasteiger partial charge in [0.1, 0.15) is 0 Å². The largest absolute Gasteiger partial charge is 1.00 e. The van der Waals surface area contributed by atoms with Gasteiger partial charge in [0.2, 0.25) is 11.5 Å². The van der Waals surface area contributed by atoms with E-state index in [9.17, 15) is 25.9 Å². The van der Waals surface area contributed by atoms with Gasteiger partial charge < -0.3 is 23.2 Å². The van der Waals surface area contributed by atoms with Gasteiger partial charge >= 0.3 is 35.4 Å². The van der Waals surface area contributed by atoms with Crippen molar-refractivity contribution < 1.29 is 69.2 Å². The molecule has 13 heteroatoms. The maximum absolute atomic E-state index is 11.4. The van der Waals surface area contributed by atoms with Crippen LogP contribution in [-0.2, 0) is 26.8 Å². The summed E-state index contributed by atoms with van der Waals surface area (Å²) in [7, 11) is -8.77. The fraction of sp³-hybridized carbons (Fsp3) is 0.205. The minimum absolute atomic E-state index is 0. The molecule has 0 unspecified atom stereocenters. The van der Waals surface area contributed by atoms with E-state index in [1.54, 1.807) is 0 Å². The van der Waals surface area contributed by atoms with Crippen molar-refractivity contribution in [2.75, 3.05) is 23.0 Å². The number of hydrogen-bond donors (Lipinski definition) is 0. The van der Waals surface area contributed by atoms with Crippen LogP contribution in [0.4, 0.5) is 5.69 Å². The number of hydrogen-bond acceptors (Lipinski definition) is 9. The quantitative estimate of drug-likeness (QED) is 0.0712. The van der Waals surface area contributed by atoms with Gasteiger partial charge in [0.05, 0.1) is 32.0 Å². The van der Waals surface area contributed by atoms with Crippen LogP contribution in [0.15, 0.2) is 131 Å². The molecule has 264 valence electrons. The topological polar surface area (TPSA) is 144 Å². The van der Waals surface area contributed by atoms with E-state index in [2.05, 4.69) is 0 Å². The molecule has 2 heterocycles. The third-order valence-electron chi connectivity index (χ3n) is 8.52. The van der Waals surface area contributed by atoms with Gasteiger partial charge in [-0.3, -0.25) is 0 Å². The molecule has 0 amide bonds. The number of fused-ring (bicyclic) bond motifs is 2. The average molecular weight is 749 g/mol. The first-order valence-corrected chi connectivity index (χ1v) is 19.8. The number of anilines is 1. The minimum Gasteiger partial charge on any atom is -0.748 e. The molecule has 1 aliphatic rings. The van der Waals surface area contributed by atoms with Crippen molar-refractivity contribution in [3.8, 4) is 28.0 Å². The number of aromatic nitrogens is 1. The molecule has 10 nitrogen and oxygen atoms in total. The third-order valence-corrected chi connectivity index (χ3v) is 10.1.